The van der Waals surface area contributed by atoms with Gasteiger partial charge >= 0.3 is 6.03 Å². The van der Waals surface area contributed by atoms with Gasteiger partial charge in [0.1, 0.15) is 5.54 Å². The molecule has 1 aromatic heterocycles. The molecule has 1 saturated carbocycles. The number of anilines is 1. The molecule has 2 aliphatic rings. The second kappa shape index (κ2) is 4.77. The number of carbonyl (C=O) groups is 2. The van der Waals surface area contributed by atoms with Crippen molar-refractivity contribution in [3.63, 3.8) is 0 Å². The van der Waals surface area contributed by atoms with Gasteiger partial charge in [0.05, 0.1) is 12.8 Å². The maximum atomic E-state index is 12.3. The van der Waals surface area contributed by atoms with Gasteiger partial charge < -0.3 is 4.74 Å². The van der Waals surface area contributed by atoms with E-state index in [9.17, 15) is 9.59 Å². The molecular weight excluding hydrogens is 258 g/mol. The number of methoxy groups -OCH3 is 1. The molecule has 0 unspecified atom stereocenters. The van der Waals surface area contributed by atoms with Crippen molar-refractivity contribution in [2.45, 2.75) is 37.6 Å². The Balaban J connectivity index is 2.04. The first-order valence-corrected chi connectivity index (χ1v) is 6.83. The van der Waals surface area contributed by atoms with Crippen LogP contribution in [0.2, 0.25) is 0 Å². The van der Waals surface area contributed by atoms with Crippen molar-refractivity contribution in [1.29, 1.82) is 0 Å². The van der Waals surface area contributed by atoms with Crippen LogP contribution in [0.15, 0.2) is 18.3 Å². The predicted octanol–water partition coefficient (Wildman–Crippen LogP) is 1.85. The van der Waals surface area contributed by atoms with Crippen LogP contribution in [0.4, 0.5) is 10.5 Å². The summed E-state index contributed by atoms with van der Waals surface area (Å²) in [5.74, 6) is 0.249. The van der Waals surface area contributed by atoms with E-state index in [2.05, 4.69) is 10.3 Å². The van der Waals surface area contributed by atoms with Gasteiger partial charge in [0.2, 0.25) is 5.88 Å². The molecular formula is C14H17N3O3. The van der Waals surface area contributed by atoms with Crippen LogP contribution in [0.25, 0.3) is 0 Å². The fourth-order valence-electron chi connectivity index (χ4n) is 3.17. The summed E-state index contributed by atoms with van der Waals surface area (Å²) in [5.41, 5.74) is -0.0797. The number of ether oxygens (including phenoxy) is 1. The summed E-state index contributed by atoms with van der Waals surface area (Å²) in [6.07, 6.45) is 6.01. The molecule has 1 aliphatic heterocycles. The lowest BCUT2D eigenvalue weighted by molar-refractivity contribution is -0.124. The fourth-order valence-corrected chi connectivity index (χ4v) is 3.17. The van der Waals surface area contributed by atoms with E-state index in [1.807, 2.05) is 0 Å². The second-order valence-corrected chi connectivity index (χ2v) is 5.24. The molecule has 0 aromatic carbocycles. The molecule has 0 atom stereocenters. The van der Waals surface area contributed by atoms with Crippen molar-refractivity contribution < 1.29 is 14.3 Å². The predicted molar refractivity (Wildman–Crippen MR) is 72.6 cm³/mol. The van der Waals surface area contributed by atoms with Crippen LogP contribution < -0.4 is 15.0 Å². The zero-order valence-electron chi connectivity index (χ0n) is 11.4. The monoisotopic (exact) mass is 275 g/mol. The molecule has 6 nitrogen and oxygen atoms in total. The molecule has 1 aliphatic carbocycles. The Labute approximate surface area is 117 Å². The van der Waals surface area contributed by atoms with Gasteiger partial charge in [0.25, 0.3) is 5.91 Å². The summed E-state index contributed by atoms with van der Waals surface area (Å²) >= 11 is 0. The standard InChI is InChI=1S/C14H17N3O3/c1-20-11-9-10(5-8-15-11)17-13(19)16-12(18)14(17)6-3-2-4-7-14/h5,8-9H,2-4,6-7H2,1H3,(H,16,18,19). The van der Waals surface area contributed by atoms with Gasteiger partial charge in [-0.1, -0.05) is 19.3 Å². The average Bonchev–Trinajstić information content (AvgIpc) is 2.70. The van der Waals surface area contributed by atoms with Gasteiger partial charge in [-0.2, -0.15) is 0 Å². The van der Waals surface area contributed by atoms with Crippen LogP contribution in [-0.4, -0.2) is 29.6 Å². The normalized spacial score (nSPS) is 21.1. The summed E-state index contributed by atoms with van der Waals surface area (Å²) in [5, 5.41) is 2.45. The molecule has 2 fully saturated rings. The van der Waals surface area contributed by atoms with Gasteiger partial charge in [-0.3, -0.25) is 15.0 Å². The molecule has 1 aromatic rings. The summed E-state index contributed by atoms with van der Waals surface area (Å²) in [4.78, 5) is 30.1. The van der Waals surface area contributed by atoms with E-state index in [0.717, 1.165) is 19.3 Å². The number of hydrogen-bond acceptors (Lipinski definition) is 4. The molecule has 1 spiro atoms. The SMILES string of the molecule is COc1cc(N2C(=O)NC(=O)C23CCCCC3)ccn1. The number of hydrogen-bond donors (Lipinski definition) is 1. The molecule has 2 heterocycles. The number of carbonyl (C=O) groups excluding carboxylic acids is 2. The van der Waals surface area contributed by atoms with Crippen molar-refractivity contribution >= 4 is 17.6 Å². The van der Waals surface area contributed by atoms with Crippen LogP contribution >= 0.6 is 0 Å². The van der Waals surface area contributed by atoms with Crippen LogP contribution in [-0.2, 0) is 4.79 Å². The fraction of sp³-hybridized carbons (Fsp3) is 0.500. The highest BCUT2D eigenvalue weighted by atomic mass is 16.5. The van der Waals surface area contributed by atoms with Crippen molar-refractivity contribution in [2.24, 2.45) is 0 Å². The van der Waals surface area contributed by atoms with Crippen LogP contribution in [0, 0.1) is 0 Å². The zero-order chi connectivity index (χ0) is 14.2. The number of nitrogens with zero attached hydrogens (tertiary/aromatic N) is 2. The number of pyridine rings is 1. The van der Waals surface area contributed by atoms with Gasteiger partial charge in [-0.25, -0.2) is 9.78 Å². The summed E-state index contributed by atoms with van der Waals surface area (Å²) < 4.78 is 5.10. The first-order chi connectivity index (χ1) is 9.67. The lowest BCUT2D eigenvalue weighted by Crippen LogP contribution is -2.51. The topological polar surface area (TPSA) is 71.5 Å². The Morgan fingerprint density at radius 2 is 2.05 bits per heavy atom. The molecule has 1 saturated heterocycles. The smallest absolute Gasteiger partial charge is 0.329 e. The Hall–Kier alpha value is -2.11. The van der Waals surface area contributed by atoms with Gasteiger partial charge in [-0.15, -0.1) is 0 Å². The minimum Gasteiger partial charge on any atom is -0.481 e. The first kappa shape index (κ1) is 12.9. The Morgan fingerprint density at radius 1 is 1.30 bits per heavy atom. The highest BCUT2D eigenvalue weighted by Crippen LogP contribution is 2.40. The van der Waals surface area contributed by atoms with E-state index >= 15 is 0 Å². The number of urea groups is 1. The van der Waals surface area contributed by atoms with Crippen LogP contribution in [0.5, 0.6) is 5.88 Å². The molecule has 3 amide bonds. The van der Waals surface area contributed by atoms with Crippen molar-refractivity contribution in [1.82, 2.24) is 10.3 Å². The number of aromatic nitrogens is 1. The van der Waals surface area contributed by atoms with E-state index in [-0.39, 0.29) is 11.9 Å². The number of amides is 3. The van der Waals surface area contributed by atoms with E-state index in [1.165, 1.54) is 7.11 Å². The van der Waals surface area contributed by atoms with E-state index < -0.39 is 5.54 Å². The molecule has 20 heavy (non-hydrogen) atoms. The largest absolute Gasteiger partial charge is 0.481 e. The van der Waals surface area contributed by atoms with Gasteiger partial charge in [0.15, 0.2) is 0 Å². The van der Waals surface area contributed by atoms with Crippen molar-refractivity contribution in [3.8, 4) is 5.88 Å². The average molecular weight is 275 g/mol. The van der Waals surface area contributed by atoms with Crippen LogP contribution in [0.3, 0.4) is 0 Å². The van der Waals surface area contributed by atoms with Crippen LogP contribution in [0.1, 0.15) is 32.1 Å². The first-order valence-electron chi connectivity index (χ1n) is 6.83. The molecule has 1 N–H and O–H groups in total. The number of nitrogens with one attached hydrogen (secondary N) is 1. The third-order valence-corrected chi connectivity index (χ3v) is 4.14. The van der Waals surface area contributed by atoms with Crippen molar-refractivity contribution in [2.75, 3.05) is 12.0 Å². The maximum Gasteiger partial charge on any atom is 0.329 e. The lowest BCUT2D eigenvalue weighted by atomic mass is 9.80. The zero-order valence-corrected chi connectivity index (χ0v) is 11.4. The molecule has 0 radical (unpaired) electrons. The van der Waals surface area contributed by atoms with E-state index in [4.69, 9.17) is 4.74 Å². The molecule has 0 bridgehead atoms. The summed E-state index contributed by atoms with van der Waals surface area (Å²) in [7, 11) is 1.53. The molecule has 6 heteroatoms. The Bertz CT molecular complexity index is 552. The Morgan fingerprint density at radius 3 is 2.75 bits per heavy atom. The van der Waals surface area contributed by atoms with E-state index in [1.54, 1.807) is 23.2 Å². The third-order valence-electron chi connectivity index (χ3n) is 4.14. The van der Waals surface area contributed by atoms with Gasteiger partial charge in [-0.05, 0) is 18.9 Å². The highest BCUT2D eigenvalue weighted by Gasteiger charge is 2.53. The molecule has 3 rings (SSSR count). The third kappa shape index (κ3) is 1.83. The highest BCUT2D eigenvalue weighted by molar-refractivity contribution is 6.17. The second-order valence-electron chi connectivity index (χ2n) is 5.24. The molecule has 106 valence electrons. The number of rotatable bonds is 2. The lowest BCUT2D eigenvalue weighted by Gasteiger charge is -2.38. The minimum atomic E-state index is -0.734. The summed E-state index contributed by atoms with van der Waals surface area (Å²) in [6.45, 7) is 0. The Kier molecular flexibility index (Phi) is 3.08. The van der Waals surface area contributed by atoms with Crippen molar-refractivity contribution in [3.05, 3.63) is 18.3 Å². The van der Waals surface area contributed by atoms with E-state index in [0.29, 0.717) is 24.4 Å². The maximum absolute atomic E-state index is 12.3. The minimum absolute atomic E-state index is 0.182. The van der Waals surface area contributed by atoms with Gasteiger partial charge in [0, 0.05) is 12.3 Å². The summed E-state index contributed by atoms with van der Waals surface area (Å²) in [6, 6.07) is 3.07. The number of imide groups is 1. The quantitative estimate of drug-likeness (QED) is 0.836.